The van der Waals surface area contributed by atoms with Gasteiger partial charge in [-0.25, -0.2) is 9.18 Å². The van der Waals surface area contributed by atoms with Crippen molar-refractivity contribution in [1.29, 1.82) is 0 Å². The number of imide groups is 1. The Bertz CT molecular complexity index is 1240. The maximum absolute atomic E-state index is 15.4. The van der Waals surface area contributed by atoms with Gasteiger partial charge in [-0.15, -0.1) is 0 Å². The van der Waals surface area contributed by atoms with Crippen molar-refractivity contribution in [3.8, 4) is 5.75 Å². The van der Waals surface area contributed by atoms with Crippen LogP contribution in [0.5, 0.6) is 5.75 Å². The lowest BCUT2D eigenvalue weighted by Crippen LogP contribution is -2.53. The standard InChI is InChI=1S/C25H27FN4O3/c1-25-14-16-19-17(10-11-18(33-3)20(19)26)28-21(16)22(15-8-5-4-6-9-15)30(25)24(32)29(23(25)31)13-7-12-27-2/h4-6,8-11,22,27-28H,7,12-14H2,1-3H3/t22-,25+/m1/s1. The summed E-state index contributed by atoms with van der Waals surface area (Å²) in [4.78, 5) is 33.6. The van der Waals surface area contributed by atoms with Crippen molar-refractivity contribution in [3.63, 3.8) is 0 Å². The van der Waals surface area contributed by atoms with Gasteiger partial charge in [0.15, 0.2) is 11.6 Å². The molecule has 7 nitrogen and oxygen atoms in total. The number of carbonyl (C=O) groups excluding carboxylic acids is 2. The van der Waals surface area contributed by atoms with E-state index in [1.165, 1.54) is 12.0 Å². The molecule has 2 atom stereocenters. The van der Waals surface area contributed by atoms with E-state index in [2.05, 4.69) is 10.3 Å². The quantitative estimate of drug-likeness (QED) is 0.445. The number of methoxy groups -OCH3 is 1. The first-order valence-electron chi connectivity index (χ1n) is 11.1. The van der Waals surface area contributed by atoms with E-state index in [4.69, 9.17) is 4.74 Å². The number of nitrogens with one attached hydrogen (secondary N) is 2. The minimum atomic E-state index is -1.12. The first-order valence-corrected chi connectivity index (χ1v) is 11.1. The predicted octanol–water partition coefficient (Wildman–Crippen LogP) is 3.59. The van der Waals surface area contributed by atoms with E-state index in [-0.39, 0.29) is 24.1 Å². The Balaban J connectivity index is 1.72. The van der Waals surface area contributed by atoms with Gasteiger partial charge in [0.2, 0.25) is 0 Å². The fourth-order valence-corrected chi connectivity index (χ4v) is 5.30. The molecule has 0 unspecified atom stereocenters. The van der Waals surface area contributed by atoms with Gasteiger partial charge in [-0.05, 0) is 50.2 Å². The van der Waals surface area contributed by atoms with Gasteiger partial charge in [-0.3, -0.25) is 14.6 Å². The molecule has 8 heteroatoms. The second-order valence-corrected chi connectivity index (χ2v) is 8.85. The van der Waals surface area contributed by atoms with Crippen LogP contribution in [-0.4, -0.2) is 59.5 Å². The molecule has 3 amide bonds. The molecule has 0 aliphatic carbocycles. The summed E-state index contributed by atoms with van der Waals surface area (Å²) in [6.07, 6.45) is 0.886. The van der Waals surface area contributed by atoms with Gasteiger partial charge in [-0.2, -0.15) is 0 Å². The van der Waals surface area contributed by atoms with Crippen LogP contribution in [-0.2, 0) is 11.2 Å². The number of ether oxygens (including phenoxy) is 1. The van der Waals surface area contributed by atoms with Crippen LogP contribution in [0, 0.1) is 5.82 Å². The lowest BCUT2D eigenvalue weighted by Gasteiger charge is -2.42. The number of carbonyl (C=O) groups is 2. The molecular weight excluding hydrogens is 423 g/mol. The van der Waals surface area contributed by atoms with Gasteiger partial charge < -0.3 is 15.0 Å². The minimum absolute atomic E-state index is 0.149. The number of rotatable bonds is 6. The lowest BCUT2D eigenvalue weighted by molar-refractivity contribution is -0.133. The molecule has 5 rings (SSSR count). The summed E-state index contributed by atoms with van der Waals surface area (Å²) in [5, 5.41) is 3.47. The molecular formula is C25H27FN4O3. The molecule has 0 radical (unpaired) electrons. The summed E-state index contributed by atoms with van der Waals surface area (Å²) in [6.45, 7) is 2.83. The van der Waals surface area contributed by atoms with Crippen molar-refractivity contribution in [2.45, 2.75) is 31.3 Å². The number of hydrogen-bond acceptors (Lipinski definition) is 4. The Morgan fingerprint density at radius 1 is 1.21 bits per heavy atom. The molecule has 2 aliphatic heterocycles. The number of amides is 3. The van der Waals surface area contributed by atoms with Crippen molar-refractivity contribution >= 4 is 22.8 Å². The van der Waals surface area contributed by atoms with E-state index < -0.39 is 17.4 Å². The van der Waals surface area contributed by atoms with Crippen molar-refractivity contribution in [1.82, 2.24) is 20.1 Å². The summed E-state index contributed by atoms with van der Waals surface area (Å²) < 4.78 is 20.6. The molecule has 33 heavy (non-hydrogen) atoms. The first kappa shape index (κ1) is 21.5. The van der Waals surface area contributed by atoms with Crippen LogP contribution in [0.3, 0.4) is 0 Å². The van der Waals surface area contributed by atoms with Gasteiger partial charge in [0.25, 0.3) is 5.91 Å². The largest absolute Gasteiger partial charge is 0.494 e. The molecule has 0 saturated carbocycles. The molecule has 2 N–H and O–H groups in total. The van der Waals surface area contributed by atoms with Crippen LogP contribution in [0.4, 0.5) is 9.18 Å². The normalized spacial score (nSPS) is 22.1. The Hall–Kier alpha value is -3.39. The Kier molecular flexibility index (Phi) is 5.12. The monoisotopic (exact) mass is 450 g/mol. The van der Waals surface area contributed by atoms with Crippen molar-refractivity contribution < 1.29 is 18.7 Å². The number of fused-ring (bicyclic) bond motifs is 4. The molecule has 3 heterocycles. The molecule has 0 spiro atoms. The highest BCUT2D eigenvalue weighted by atomic mass is 19.1. The zero-order valence-corrected chi connectivity index (χ0v) is 18.9. The number of nitrogens with zero attached hydrogens (tertiary/aromatic N) is 2. The fraction of sp³-hybridized carbons (Fsp3) is 0.360. The van der Waals surface area contributed by atoms with Crippen LogP contribution >= 0.6 is 0 Å². The number of aromatic nitrogens is 1. The summed E-state index contributed by atoms with van der Waals surface area (Å²) in [5.74, 6) is -0.553. The van der Waals surface area contributed by atoms with Gasteiger partial charge in [0.1, 0.15) is 11.6 Å². The number of benzene rings is 2. The molecule has 2 aliphatic rings. The fourth-order valence-electron chi connectivity index (χ4n) is 5.30. The Morgan fingerprint density at radius 3 is 2.67 bits per heavy atom. The van der Waals surface area contributed by atoms with Crippen molar-refractivity contribution in [3.05, 3.63) is 65.1 Å². The van der Waals surface area contributed by atoms with Crippen molar-refractivity contribution in [2.75, 3.05) is 27.2 Å². The van der Waals surface area contributed by atoms with Crippen LogP contribution in [0.25, 0.3) is 10.9 Å². The predicted molar refractivity (Wildman–Crippen MR) is 123 cm³/mol. The van der Waals surface area contributed by atoms with E-state index in [1.807, 2.05) is 37.4 Å². The Labute approximate surface area is 191 Å². The second-order valence-electron chi connectivity index (χ2n) is 8.85. The third-order valence-electron chi connectivity index (χ3n) is 6.87. The zero-order valence-electron chi connectivity index (χ0n) is 18.9. The molecule has 172 valence electrons. The van der Waals surface area contributed by atoms with Crippen LogP contribution in [0.2, 0.25) is 0 Å². The zero-order chi connectivity index (χ0) is 23.3. The highest BCUT2D eigenvalue weighted by Gasteiger charge is 2.60. The van der Waals surface area contributed by atoms with Crippen LogP contribution < -0.4 is 10.1 Å². The number of aromatic amines is 1. The molecule has 0 bridgehead atoms. The third kappa shape index (κ3) is 3.04. The summed E-state index contributed by atoms with van der Waals surface area (Å²) in [7, 11) is 3.27. The molecule has 3 aromatic rings. The van der Waals surface area contributed by atoms with E-state index in [1.54, 1.807) is 24.0 Å². The molecule has 2 aromatic carbocycles. The SMILES string of the molecule is CNCCCN1C(=O)N2[C@H](c3ccccc3)c3[nH]c4ccc(OC)c(F)c4c3C[C@@]2(C)C1=O. The molecule has 1 aromatic heterocycles. The number of H-pyrrole nitrogens is 1. The summed E-state index contributed by atoms with van der Waals surface area (Å²) in [6, 6.07) is 12.1. The van der Waals surface area contributed by atoms with Gasteiger partial charge in [0, 0.05) is 29.6 Å². The highest BCUT2D eigenvalue weighted by molar-refractivity contribution is 6.08. The van der Waals surface area contributed by atoms with Crippen LogP contribution in [0.1, 0.15) is 36.2 Å². The minimum Gasteiger partial charge on any atom is -0.494 e. The van der Waals surface area contributed by atoms with E-state index in [9.17, 15) is 9.59 Å². The molecule has 1 fully saturated rings. The van der Waals surface area contributed by atoms with Gasteiger partial charge in [0.05, 0.1) is 7.11 Å². The second kappa shape index (κ2) is 7.88. The average molecular weight is 451 g/mol. The van der Waals surface area contributed by atoms with E-state index in [0.29, 0.717) is 36.0 Å². The number of hydrogen-bond donors (Lipinski definition) is 2. The van der Waals surface area contributed by atoms with Gasteiger partial charge >= 0.3 is 6.03 Å². The Morgan fingerprint density at radius 2 is 1.97 bits per heavy atom. The maximum atomic E-state index is 15.4. The number of halogens is 1. The van der Waals surface area contributed by atoms with Crippen molar-refractivity contribution in [2.24, 2.45) is 0 Å². The van der Waals surface area contributed by atoms with Crippen LogP contribution in [0.15, 0.2) is 42.5 Å². The number of urea groups is 1. The third-order valence-corrected chi connectivity index (χ3v) is 6.87. The summed E-state index contributed by atoms with van der Waals surface area (Å²) >= 11 is 0. The van der Waals surface area contributed by atoms with Gasteiger partial charge in [-0.1, -0.05) is 30.3 Å². The topological polar surface area (TPSA) is 77.7 Å². The highest BCUT2D eigenvalue weighted by Crippen LogP contribution is 2.49. The maximum Gasteiger partial charge on any atom is 0.328 e. The van der Waals surface area contributed by atoms with E-state index >= 15 is 4.39 Å². The summed E-state index contributed by atoms with van der Waals surface area (Å²) in [5.41, 5.74) is 1.82. The smallest absolute Gasteiger partial charge is 0.328 e. The lowest BCUT2D eigenvalue weighted by atomic mass is 9.81. The average Bonchev–Trinajstić information content (AvgIpc) is 3.27. The molecule has 1 saturated heterocycles. The van der Waals surface area contributed by atoms with E-state index in [0.717, 1.165) is 11.3 Å². The first-order chi connectivity index (χ1) is 15.9.